The Hall–Kier alpha value is -0.810. The van der Waals surface area contributed by atoms with Crippen LogP contribution in [0, 0.1) is 0 Å². The summed E-state index contributed by atoms with van der Waals surface area (Å²) < 4.78 is 5.41. The minimum absolute atomic E-state index is 0.169. The highest BCUT2D eigenvalue weighted by molar-refractivity contribution is 5.69. The van der Waals surface area contributed by atoms with E-state index in [0.717, 1.165) is 26.1 Å². The zero-order valence-electron chi connectivity index (χ0n) is 11.0. The van der Waals surface area contributed by atoms with E-state index in [2.05, 4.69) is 4.90 Å². The van der Waals surface area contributed by atoms with Crippen molar-refractivity contribution in [1.29, 1.82) is 0 Å². The summed E-state index contributed by atoms with van der Waals surface area (Å²) in [5, 5.41) is 0. The Morgan fingerprint density at radius 1 is 1.35 bits per heavy atom. The van der Waals surface area contributed by atoms with Gasteiger partial charge >= 0.3 is 6.09 Å². The number of nitrogens with zero attached hydrogens (tertiary/aromatic N) is 2. The predicted molar refractivity (Wildman–Crippen MR) is 65.8 cm³/mol. The van der Waals surface area contributed by atoms with Crippen molar-refractivity contribution < 1.29 is 9.53 Å². The summed E-state index contributed by atoms with van der Waals surface area (Å²) in [6.45, 7) is 9.07. The molecule has 2 atom stereocenters. The second-order valence-electron chi connectivity index (χ2n) is 5.96. The summed E-state index contributed by atoms with van der Waals surface area (Å²) in [6, 6.07) is 0.803. The Labute approximate surface area is 103 Å². The minimum Gasteiger partial charge on any atom is -0.444 e. The second-order valence-corrected chi connectivity index (χ2v) is 5.96. The normalized spacial score (nSPS) is 28.8. The summed E-state index contributed by atoms with van der Waals surface area (Å²) >= 11 is 0. The van der Waals surface area contributed by atoms with Crippen LogP contribution >= 0.6 is 0 Å². The van der Waals surface area contributed by atoms with E-state index in [-0.39, 0.29) is 6.09 Å². The van der Waals surface area contributed by atoms with Crippen LogP contribution in [0.1, 0.15) is 27.2 Å². The third kappa shape index (κ3) is 2.72. The number of hydrogen-bond acceptors (Lipinski definition) is 4. The first-order chi connectivity index (χ1) is 7.90. The molecule has 0 aromatic carbocycles. The first-order valence-corrected chi connectivity index (χ1v) is 6.34. The molecule has 0 radical (unpaired) electrons. The maximum atomic E-state index is 12.0. The molecule has 0 unspecified atom stereocenters. The number of rotatable bonds is 2. The monoisotopic (exact) mass is 241 g/mol. The average Bonchev–Trinajstić information content (AvgIpc) is 2.74. The van der Waals surface area contributed by atoms with Crippen LogP contribution in [-0.2, 0) is 4.74 Å². The van der Waals surface area contributed by atoms with Crippen molar-refractivity contribution in [2.75, 3.05) is 26.2 Å². The molecule has 0 aromatic heterocycles. The lowest BCUT2D eigenvalue weighted by Crippen LogP contribution is -2.50. The summed E-state index contributed by atoms with van der Waals surface area (Å²) in [7, 11) is 0. The SMILES string of the molecule is CC(C)(C)OC(=O)N1C[C@H]2C[C@@H]1CN2CCN. The third-order valence-electron chi connectivity index (χ3n) is 3.40. The summed E-state index contributed by atoms with van der Waals surface area (Å²) in [5.41, 5.74) is 5.16. The van der Waals surface area contributed by atoms with Crippen LogP contribution in [0.4, 0.5) is 4.79 Å². The number of likely N-dealkylation sites (tertiary alicyclic amines) is 2. The third-order valence-corrected chi connectivity index (χ3v) is 3.40. The van der Waals surface area contributed by atoms with Crippen LogP contribution < -0.4 is 5.73 Å². The topological polar surface area (TPSA) is 58.8 Å². The Morgan fingerprint density at radius 2 is 2.06 bits per heavy atom. The number of hydrogen-bond donors (Lipinski definition) is 1. The number of fused-ring (bicyclic) bond motifs is 2. The van der Waals surface area contributed by atoms with Crippen molar-refractivity contribution in [3.8, 4) is 0 Å². The number of amides is 1. The summed E-state index contributed by atoms with van der Waals surface area (Å²) in [5.74, 6) is 0. The van der Waals surface area contributed by atoms with Gasteiger partial charge in [0.05, 0.1) is 0 Å². The lowest BCUT2D eigenvalue weighted by atomic mass is 10.2. The van der Waals surface area contributed by atoms with Gasteiger partial charge in [-0.25, -0.2) is 4.79 Å². The molecule has 1 amide bonds. The van der Waals surface area contributed by atoms with E-state index in [1.54, 1.807) is 0 Å². The maximum absolute atomic E-state index is 12.0. The van der Waals surface area contributed by atoms with Gasteiger partial charge in [-0.2, -0.15) is 0 Å². The highest BCUT2D eigenvalue weighted by atomic mass is 16.6. The maximum Gasteiger partial charge on any atom is 0.410 e. The molecule has 2 heterocycles. The molecule has 5 heteroatoms. The van der Waals surface area contributed by atoms with Crippen LogP contribution in [0.15, 0.2) is 0 Å². The Balaban J connectivity index is 1.89. The standard InChI is InChI=1S/C12H23N3O2/c1-12(2,3)17-11(16)15-8-9-6-10(15)7-14(9)5-4-13/h9-10H,4-8,13H2,1-3H3/t9-,10-/m1/s1. The van der Waals surface area contributed by atoms with Crippen molar-refractivity contribution in [1.82, 2.24) is 9.80 Å². The zero-order valence-corrected chi connectivity index (χ0v) is 11.0. The number of ether oxygens (including phenoxy) is 1. The number of carbonyl (C=O) groups excluding carboxylic acids is 1. The van der Waals surface area contributed by atoms with Crippen molar-refractivity contribution in [3.05, 3.63) is 0 Å². The van der Waals surface area contributed by atoms with Crippen LogP contribution in [0.3, 0.4) is 0 Å². The molecule has 2 fully saturated rings. The lowest BCUT2D eigenvalue weighted by molar-refractivity contribution is 0.0132. The van der Waals surface area contributed by atoms with Gasteiger partial charge in [0.1, 0.15) is 5.60 Å². The Bertz CT molecular complexity index is 301. The molecule has 2 bridgehead atoms. The zero-order chi connectivity index (χ0) is 12.6. The first kappa shape index (κ1) is 12.6. The Kier molecular flexibility index (Phi) is 3.32. The molecule has 0 aliphatic carbocycles. The van der Waals surface area contributed by atoms with Crippen LogP contribution in [-0.4, -0.2) is 59.8 Å². The van der Waals surface area contributed by atoms with Gasteiger partial charge in [0.2, 0.25) is 0 Å². The van der Waals surface area contributed by atoms with Gasteiger partial charge in [0.25, 0.3) is 0 Å². The fraction of sp³-hybridized carbons (Fsp3) is 0.917. The van der Waals surface area contributed by atoms with E-state index in [9.17, 15) is 4.79 Å². The van der Waals surface area contributed by atoms with Crippen molar-refractivity contribution >= 4 is 6.09 Å². The van der Waals surface area contributed by atoms with Gasteiger partial charge in [-0.3, -0.25) is 4.90 Å². The highest BCUT2D eigenvalue weighted by Gasteiger charge is 2.45. The smallest absolute Gasteiger partial charge is 0.410 e. The van der Waals surface area contributed by atoms with Gasteiger partial charge in [0, 0.05) is 38.3 Å². The van der Waals surface area contributed by atoms with Gasteiger partial charge < -0.3 is 15.4 Å². The predicted octanol–water partition coefficient (Wildman–Crippen LogP) is 0.639. The number of nitrogens with two attached hydrogens (primary N) is 1. The van der Waals surface area contributed by atoms with Crippen LogP contribution in [0.25, 0.3) is 0 Å². The fourth-order valence-electron chi connectivity index (χ4n) is 2.73. The molecular weight excluding hydrogens is 218 g/mol. The average molecular weight is 241 g/mol. The van der Waals surface area contributed by atoms with Gasteiger partial charge in [0.15, 0.2) is 0 Å². The quantitative estimate of drug-likeness (QED) is 0.770. The van der Waals surface area contributed by atoms with Crippen molar-refractivity contribution in [3.63, 3.8) is 0 Å². The molecule has 17 heavy (non-hydrogen) atoms. The summed E-state index contributed by atoms with van der Waals surface area (Å²) in [6.07, 6.45) is 0.900. The van der Waals surface area contributed by atoms with E-state index < -0.39 is 5.60 Å². The lowest BCUT2D eigenvalue weighted by Gasteiger charge is -2.34. The highest BCUT2D eigenvalue weighted by Crippen LogP contribution is 2.31. The van der Waals surface area contributed by atoms with Gasteiger partial charge in [-0.15, -0.1) is 0 Å². The summed E-state index contributed by atoms with van der Waals surface area (Å²) in [4.78, 5) is 16.2. The van der Waals surface area contributed by atoms with Crippen molar-refractivity contribution in [2.24, 2.45) is 5.73 Å². The van der Waals surface area contributed by atoms with E-state index in [0.29, 0.717) is 18.6 Å². The van der Waals surface area contributed by atoms with Gasteiger partial charge in [-0.05, 0) is 27.2 Å². The molecule has 2 rings (SSSR count). The van der Waals surface area contributed by atoms with Crippen molar-refractivity contribution in [2.45, 2.75) is 44.9 Å². The Morgan fingerprint density at radius 3 is 2.53 bits per heavy atom. The minimum atomic E-state index is -0.407. The molecule has 2 N–H and O–H groups in total. The van der Waals surface area contributed by atoms with E-state index in [1.165, 1.54) is 0 Å². The molecule has 2 aliphatic heterocycles. The fourth-order valence-corrected chi connectivity index (χ4v) is 2.73. The molecular formula is C12H23N3O2. The molecule has 0 spiro atoms. The molecule has 2 saturated heterocycles. The molecule has 98 valence electrons. The number of piperazine rings is 1. The number of carbonyl (C=O) groups is 1. The molecule has 2 aliphatic rings. The molecule has 0 aromatic rings. The van der Waals surface area contributed by atoms with E-state index in [4.69, 9.17) is 10.5 Å². The van der Waals surface area contributed by atoms with Crippen LogP contribution in [0.5, 0.6) is 0 Å². The van der Waals surface area contributed by atoms with Gasteiger partial charge in [-0.1, -0.05) is 0 Å². The van der Waals surface area contributed by atoms with Crippen LogP contribution in [0.2, 0.25) is 0 Å². The van der Waals surface area contributed by atoms with E-state index in [1.807, 2.05) is 25.7 Å². The molecule has 5 nitrogen and oxygen atoms in total. The largest absolute Gasteiger partial charge is 0.444 e. The first-order valence-electron chi connectivity index (χ1n) is 6.34. The van der Waals surface area contributed by atoms with E-state index >= 15 is 0 Å². The molecule has 0 saturated carbocycles. The second kappa shape index (κ2) is 4.46.